The molecule has 182 valence electrons. The Bertz CT molecular complexity index is 788. The maximum absolute atomic E-state index is 11.6. The van der Waals surface area contributed by atoms with Crippen LogP contribution in [0.1, 0.15) is 96.8 Å². The van der Waals surface area contributed by atoms with Crippen LogP contribution in [0.15, 0.2) is 30.9 Å². The summed E-state index contributed by atoms with van der Waals surface area (Å²) >= 11 is 0. The van der Waals surface area contributed by atoms with Crippen LogP contribution >= 0.6 is 0 Å². The lowest BCUT2D eigenvalue weighted by Gasteiger charge is -2.10. The van der Waals surface area contributed by atoms with Crippen molar-refractivity contribution >= 4 is 23.0 Å². The van der Waals surface area contributed by atoms with Gasteiger partial charge in [0.05, 0.1) is 4.92 Å². The highest BCUT2D eigenvalue weighted by molar-refractivity contribution is 5.73. The molecule has 2 N–H and O–H groups in total. The highest BCUT2D eigenvalue weighted by Crippen LogP contribution is 2.30. The Morgan fingerprint density at radius 3 is 1.85 bits per heavy atom. The van der Waals surface area contributed by atoms with Crippen LogP contribution in [0.5, 0.6) is 0 Å². The minimum absolute atomic E-state index is 0.139. The molecule has 8 heteroatoms. The van der Waals surface area contributed by atoms with E-state index in [0.29, 0.717) is 12.2 Å². The molecule has 0 fully saturated rings. The van der Waals surface area contributed by atoms with Gasteiger partial charge < -0.3 is 10.6 Å². The van der Waals surface area contributed by atoms with Gasteiger partial charge in [-0.2, -0.15) is 0 Å². The van der Waals surface area contributed by atoms with Gasteiger partial charge in [0, 0.05) is 24.6 Å². The number of pyridine rings is 1. The molecule has 0 amide bonds. The largest absolute Gasteiger partial charge is 0.364 e. The second-order valence-electron chi connectivity index (χ2n) is 8.56. The summed E-state index contributed by atoms with van der Waals surface area (Å²) in [5, 5.41) is 17.7. The van der Waals surface area contributed by atoms with Gasteiger partial charge in [-0.1, -0.05) is 90.4 Å². The van der Waals surface area contributed by atoms with Crippen LogP contribution in [0.25, 0.3) is 0 Å². The van der Waals surface area contributed by atoms with Gasteiger partial charge in [-0.3, -0.25) is 15.1 Å². The summed E-state index contributed by atoms with van der Waals surface area (Å²) in [5.74, 6) is 0.422. The first-order valence-corrected chi connectivity index (χ1v) is 12.6. The van der Waals surface area contributed by atoms with E-state index in [4.69, 9.17) is 0 Å². The Morgan fingerprint density at radius 1 is 0.788 bits per heavy atom. The van der Waals surface area contributed by atoms with E-state index >= 15 is 0 Å². The first kappa shape index (κ1) is 26.5. The van der Waals surface area contributed by atoms with Crippen LogP contribution in [-0.2, 0) is 0 Å². The molecule has 0 aliphatic rings. The van der Waals surface area contributed by atoms with Crippen molar-refractivity contribution in [1.29, 1.82) is 0 Å². The molecule has 2 aromatic rings. The van der Waals surface area contributed by atoms with E-state index in [2.05, 4.69) is 32.5 Å². The Kier molecular flexibility index (Phi) is 13.5. The normalized spacial score (nSPS) is 10.8. The fourth-order valence-corrected chi connectivity index (χ4v) is 3.87. The lowest BCUT2D eigenvalue weighted by Crippen LogP contribution is -2.09. The number of nitrogens with zero attached hydrogens (tertiary/aromatic N) is 4. The average molecular weight is 457 g/mol. The third kappa shape index (κ3) is 11.1. The molecule has 2 aromatic heterocycles. The molecular formula is C25H40N6O2. The Morgan fingerprint density at radius 2 is 1.30 bits per heavy atom. The van der Waals surface area contributed by atoms with Crippen LogP contribution in [0.4, 0.5) is 23.0 Å². The maximum atomic E-state index is 11.6. The molecule has 0 aliphatic heterocycles. The number of nitrogens with one attached hydrogen (secondary N) is 2. The third-order valence-electron chi connectivity index (χ3n) is 5.77. The summed E-state index contributed by atoms with van der Waals surface area (Å²) in [6, 6.07) is 3.46. The second-order valence-corrected chi connectivity index (χ2v) is 8.56. The predicted molar refractivity (Wildman–Crippen MR) is 135 cm³/mol. The molecule has 0 atom stereocenters. The van der Waals surface area contributed by atoms with E-state index in [9.17, 15) is 10.1 Å². The average Bonchev–Trinajstić information content (AvgIpc) is 2.82. The number of hydrogen-bond acceptors (Lipinski definition) is 7. The lowest BCUT2D eigenvalue weighted by atomic mass is 10.0. The molecule has 0 spiro atoms. The summed E-state index contributed by atoms with van der Waals surface area (Å²) in [4.78, 5) is 23.3. The molecule has 8 nitrogen and oxygen atoms in total. The minimum atomic E-state index is -0.447. The quantitative estimate of drug-likeness (QED) is 0.129. The van der Waals surface area contributed by atoms with Crippen LogP contribution in [0.2, 0.25) is 0 Å². The number of rotatable bonds is 19. The zero-order valence-corrected chi connectivity index (χ0v) is 20.1. The van der Waals surface area contributed by atoms with Crippen molar-refractivity contribution in [3.8, 4) is 0 Å². The predicted octanol–water partition coefficient (Wildman–Crippen LogP) is 7.42. The summed E-state index contributed by atoms with van der Waals surface area (Å²) in [5.41, 5.74) is 0.546. The third-order valence-corrected chi connectivity index (χ3v) is 5.77. The molecule has 2 rings (SSSR count). The molecular weight excluding hydrogens is 416 g/mol. The van der Waals surface area contributed by atoms with Gasteiger partial charge in [0.15, 0.2) is 0 Å². The Balaban J connectivity index is 1.58. The van der Waals surface area contributed by atoms with E-state index < -0.39 is 4.92 Å². The van der Waals surface area contributed by atoms with Crippen LogP contribution in [0.3, 0.4) is 0 Å². The fourth-order valence-electron chi connectivity index (χ4n) is 3.87. The van der Waals surface area contributed by atoms with Crippen molar-refractivity contribution in [2.24, 2.45) is 0 Å². The SMILES string of the molecule is CCCCCCCCCCCCCCCCNc1ncnc(Nc2ccncc2)c1[N+](=O)[O-]. The van der Waals surface area contributed by atoms with E-state index in [1.165, 1.54) is 83.4 Å². The Labute approximate surface area is 198 Å². The van der Waals surface area contributed by atoms with Crippen molar-refractivity contribution in [3.63, 3.8) is 0 Å². The fraction of sp³-hybridized carbons (Fsp3) is 0.640. The Hall–Kier alpha value is -2.77. The van der Waals surface area contributed by atoms with Gasteiger partial charge in [-0.25, -0.2) is 9.97 Å². The van der Waals surface area contributed by atoms with Crippen molar-refractivity contribution in [1.82, 2.24) is 15.0 Å². The van der Waals surface area contributed by atoms with Crippen molar-refractivity contribution < 1.29 is 4.92 Å². The number of nitro groups is 1. The molecule has 0 saturated heterocycles. The first-order chi connectivity index (χ1) is 16.2. The lowest BCUT2D eigenvalue weighted by molar-refractivity contribution is -0.383. The number of anilines is 3. The van der Waals surface area contributed by atoms with Gasteiger partial charge >= 0.3 is 5.69 Å². The maximum Gasteiger partial charge on any atom is 0.353 e. The summed E-state index contributed by atoms with van der Waals surface area (Å²) in [6.45, 7) is 2.92. The van der Waals surface area contributed by atoms with Crippen molar-refractivity contribution in [2.75, 3.05) is 17.2 Å². The second kappa shape index (κ2) is 16.8. The van der Waals surface area contributed by atoms with E-state index in [-0.39, 0.29) is 17.3 Å². The first-order valence-electron chi connectivity index (χ1n) is 12.6. The molecule has 0 saturated carbocycles. The molecule has 2 heterocycles. The highest BCUT2D eigenvalue weighted by atomic mass is 16.6. The van der Waals surface area contributed by atoms with E-state index in [0.717, 1.165) is 12.8 Å². The topological polar surface area (TPSA) is 106 Å². The summed E-state index contributed by atoms with van der Waals surface area (Å²) < 4.78 is 0. The van der Waals surface area contributed by atoms with Gasteiger partial charge in [0.2, 0.25) is 11.6 Å². The molecule has 0 bridgehead atoms. The van der Waals surface area contributed by atoms with Gasteiger partial charge in [0.25, 0.3) is 0 Å². The van der Waals surface area contributed by atoms with Crippen molar-refractivity contribution in [3.05, 3.63) is 41.0 Å². The van der Waals surface area contributed by atoms with Gasteiger partial charge in [0.1, 0.15) is 6.33 Å². The number of unbranched alkanes of at least 4 members (excludes halogenated alkanes) is 13. The smallest absolute Gasteiger partial charge is 0.353 e. The summed E-state index contributed by atoms with van der Waals surface area (Å²) in [6.07, 6.45) is 22.8. The summed E-state index contributed by atoms with van der Waals surface area (Å²) in [7, 11) is 0. The molecule has 0 aromatic carbocycles. The van der Waals surface area contributed by atoms with Crippen molar-refractivity contribution in [2.45, 2.75) is 96.8 Å². The van der Waals surface area contributed by atoms with E-state index in [1.807, 2.05) is 0 Å². The zero-order valence-electron chi connectivity index (χ0n) is 20.1. The molecule has 0 unspecified atom stereocenters. The zero-order chi connectivity index (χ0) is 23.6. The van der Waals surface area contributed by atoms with Gasteiger partial charge in [-0.15, -0.1) is 0 Å². The van der Waals surface area contributed by atoms with E-state index in [1.54, 1.807) is 24.5 Å². The highest BCUT2D eigenvalue weighted by Gasteiger charge is 2.22. The van der Waals surface area contributed by atoms with Crippen LogP contribution in [-0.4, -0.2) is 26.4 Å². The van der Waals surface area contributed by atoms with Crippen LogP contribution in [0, 0.1) is 10.1 Å². The molecule has 0 radical (unpaired) electrons. The minimum Gasteiger partial charge on any atom is -0.364 e. The van der Waals surface area contributed by atoms with Crippen LogP contribution < -0.4 is 10.6 Å². The molecule has 0 aliphatic carbocycles. The molecule has 33 heavy (non-hydrogen) atoms. The number of aromatic nitrogens is 3. The monoisotopic (exact) mass is 456 g/mol. The van der Waals surface area contributed by atoms with Gasteiger partial charge in [-0.05, 0) is 18.6 Å². The number of hydrogen-bond donors (Lipinski definition) is 2. The standard InChI is InChI=1S/C25H40N6O2/c1-2-3-4-5-6-7-8-9-10-11-12-13-14-15-18-27-24-23(31(32)33)25(29-21-28-24)30-22-16-19-26-20-17-22/h16-17,19-21H,2-15,18H2,1H3,(H2,26,27,28,29,30).